The highest BCUT2D eigenvalue weighted by atomic mass is 16.2. The topological polar surface area (TPSA) is 35.6 Å². The van der Waals surface area contributed by atoms with Gasteiger partial charge in [0, 0.05) is 24.0 Å². The molecule has 0 fully saturated rings. The van der Waals surface area contributed by atoms with E-state index in [-0.39, 0.29) is 11.9 Å². The Balaban J connectivity index is 1.71. The molecule has 4 nitrogen and oxygen atoms in total. The Bertz CT molecular complexity index is 770. The molecular weight excluding hydrogens is 334 g/mol. The van der Waals surface area contributed by atoms with Gasteiger partial charge in [-0.1, -0.05) is 50.2 Å². The predicted molar refractivity (Wildman–Crippen MR) is 113 cm³/mol. The molecule has 0 bridgehead atoms. The molecule has 2 aromatic rings. The zero-order valence-corrected chi connectivity index (χ0v) is 16.7. The van der Waals surface area contributed by atoms with Crippen LogP contribution in [0.3, 0.4) is 0 Å². The van der Waals surface area contributed by atoms with Crippen molar-refractivity contribution in [2.24, 2.45) is 0 Å². The van der Waals surface area contributed by atoms with Crippen LogP contribution in [0.1, 0.15) is 38.3 Å². The number of amides is 1. The second kappa shape index (κ2) is 9.05. The van der Waals surface area contributed by atoms with Gasteiger partial charge in [-0.25, -0.2) is 0 Å². The zero-order chi connectivity index (χ0) is 19.2. The minimum atomic E-state index is 0.132. The van der Waals surface area contributed by atoms with Crippen molar-refractivity contribution in [3.8, 4) is 0 Å². The first-order valence-corrected chi connectivity index (χ1v) is 10.1. The van der Waals surface area contributed by atoms with Crippen LogP contribution in [-0.4, -0.2) is 36.5 Å². The molecule has 1 amide bonds. The third kappa shape index (κ3) is 4.51. The highest BCUT2D eigenvalue weighted by Crippen LogP contribution is 2.30. The molecule has 27 heavy (non-hydrogen) atoms. The summed E-state index contributed by atoms with van der Waals surface area (Å²) in [6.07, 6.45) is 2.06. The van der Waals surface area contributed by atoms with Crippen LogP contribution in [-0.2, 0) is 17.8 Å². The third-order valence-electron chi connectivity index (χ3n) is 5.53. The van der Waals surface area contributed by atoms with Gasteiger partial charge in [0.2, 0.25) is 5.91 Å². The summed E-state index contributed by atoms with van der Waals surface area (Å²) >= 11 is 0. The van der Waals surface area contributed by atoms with Gasteiger partial charge < -0.3 is 10.2 Å². The van der Waals surface area contributed by atoms with Gasteiger partial charge in [-0.2, -0.15) is 0 Å². The van der Waals surface area contributed by atoms with E-state index in [0.29, 0.717) is 6.54 Å². The SMILES string of the molecule is CCN(CC)Cc1ccccc1NCC(=O)N1c2ccccc2CC[C@@H]1C. The van der Waals surface area contributed by atoms with Crippen LogP contribution >= 0.6 is 0 Å². The Morgan fingerprint density at radius 3 is 2.59 bits per heavy atom. The molecule has 0 spiro atoms. The van der Waals surface area contributed by atoms with Crippen LogP contribution in [0.2, 0.25) is 0 Å². The van der Waals surface area contributed by atoms with E-state index in [4.69, 9.17) is 0 Å². The maximum atomic E-state index is 13.0. The fourth-order valence-electron chi connectivity index (χ4n) is 3.84. The normalized spacial score (nSPS) is 16.3. The Morgan fingerprint density at radius 1 is 1.11 bits per heavy atom. The number of hydrogen-bond donors (Lipinski definition) is 1. The molecule has 1 aliphatic rings. The molecule has 0 saturated heterocycles. The summed E-state index contributed by atoms with van der Waals surface area (Å²) < 4.78 is 0. The molecule has 0 radical (unpaired) electrons. The fraction of sp³-hybridized carbons (Fsp3) is 0.435. The van der Waals surface area contributed by atoms with Crippen LogP contribution in [0.15, 0.2) is 48.5 Å². The summed E-state index contributed by atoms with van der Waals surface area (Å²) in [4.78, 5) is 17.4. The summed E-state index contributed by atoms with van der Waals surface area (Å²) in [6.45, 7) is 9.75. The van der Waals surface area contributed by atoms with E-state index in [9.17, 15) is 4.79 Å². The van der Waals surface area contributed by atoms with Gasteiger partial charge in [0.05, 0.1) is 6.54 Å². The van der Waals surface area contributed by atoms with Crippen molar-refractivity contribution in [1.29, 1.82) is 0 Å². The van der Waals surface area contributed by atoms with Crippen molar-refractivity contribution in [3.63, 3.8) is 0 Å². The maximum absolute atomic E-state index is 13.0. The number of rotatable bonds is 7. The van der Waals surface area contributed by atoms with Crippen molar-refractivity contribution in [2.45, 2.75) is 46.2 Å². The van der Waals surface area contributed by atoms with Crippen molar-refractivity contribution in [2.75, 3.05) is 29.9 Å². The average molecular weight is 366 g/mol. The molecule has 144 valence electrons. The van der Waals surface area contributed by atoms with Gasteiger partial charge in [0.15, 0.2) is 0 Å². The van der Waals surface area contributed by atoms with E-state index in [1.165, 1.54) is 11.1 Å². The second-order valence-corrected chi connectivity index (χ2v) is 7.25. The lowest BCUT2D eigenvalue weighted by Crippen LogP contribution is -2.44. The molecule has 1 atom stereocenters. The Hall–Kier alpha value is -2.33. The molecule has 0 aromatic heterocycles. The smallest absolute Gasteiger partial charge is 0.246 e. The highest BCUT2D eigenvalue weighted by Gasteiger charge is 2.27. The predicted octanol–water partition coefficient (Wildman–Crippen LogP) is 4.31. The summed E-state index contributed by atoms with van der Waals surface area (Å²) in [5.41, 5.74) is 4.63. The monoisotopic (exact) mass is 365 g/mol. The minimum absolute atomic E-state index is 0.132. The van der Waals surface area contributed by atoms with Gasteiger partial charge in [-0.05, 0) is 56.1 Å². The number of aryl methyl sites for hydroxylation is 1. The van der Waals surface area contributed by atoms with Crippen molar-refractivity contribution in [3.05, 3.63) is 59.7 Å². The average Bonchev–Trinajstić information content (AvgIpc) is 2.70. The number of nitrogens with zero attached hydrogens (tertiary/aromatic N) is 2. The molecule has 0 saturated carbocycles. The van der Waals surface area contributed by atoms with Crippen molar-refractivity contribution < 1.29 is 4.79 Å². The van der Waals surface area contributed by atoms with Crippen LogP contribution in [0.5, 0.6) is 0 Å². The summed E-state index contributed by atoms with van der Waals surface area (Å²) in [7, 11) is 0. The third-order valence-corrected chi connectivity index (χ3v) is 5.53. The number of para-hydroxylation sites is 2. The van der Waals surface area contributed by atoms with Gasteiger partial charge in [-0.15, -0.1) is 0 Å². The molecule has 3 rings (SSSR count). The van der Waals surface area contributed by atoms with Crippen LogP contribution in [0, 0.1) is 0 Å². The lowest BCUT2D eigenvalue weighted by atomic mass is 9.96. The molecule has 2 aromatic carbocycles. The standard InChI is InChI=1S/C23H31N3O/c1-4-25(5-2)17-20-11-6-8-12-21(20)24-16-23(27)26-18(3)14-15-19-10-7-9-13-22(19)26/h6-13,18,24H,4-5,14-17H2,1-3H3/t18-/m0/s1. The van der Waals surface area contributed by atoms with E-state index in [1.54, 1.807) is 0 Å². The van der Waals surface area contributed by atoms with Crippen LogP contribution < -0.4 is 10.2 Å². The first kappa shape index (κ1) is 19.4. The molecular formula is C23H31N3O. The van der Waals surface area contributed by atoms with Gasteiger partial charge in [0.1, 0.15) is 0 Å². The number of benzene rings is 2. The molecule has 4 heteroatoms. The van der Waals surface area contributed by atoms with E-state index in [0.717, 1.165) is 43.9 Å². The summed E-state index contributed by atoms with van der Waals surface area (Å²) in [5, 5.41) is 3.40. The summed E-state index contributed by atoms with van der Waals surface area (Å²) in [6, 6.07) is 16.8. The van der Waals surface area contributed by atoms with Crippen molar-refractivity contribution in [1.82, 2.24) is 4.90 Å². The Kier molecular flexibility index (Phi) is 6.51. The fourth-order valence-corrected chi connectivity index (χ4v) is 3.84. The van der Waals surface area contributed by atoms with Gasteiger partial charge >= 0.3 is 0 Å². The lowest BCUT2D eigenvalue weighted by molar-refractivity contribution is -0.117. The number of hydrogen-bond acceptors (Lipinski definition) is 3. The quantitative estimate of drug-likeness (QED) is 0.794. The molecule has 1 N–H and O–H groups in total. The van der Waals surface area contributed by atoms with Crippen LogP contribution in [0.25, 0.3) is 0 Å². The van der Waals surface area contributed by atoms with Gasteiger partial charge in [0.25, 0.3) is 0 Å². The molecule has 1 aliphatic heterocycles. The van der Waals surface area contributed by atoms with E-state index in [1.807, 2.05) is 17.0 Å². The number of fused-ring (bicyclic) bond motifs is 1. The molecule has 1 heterocycles. The highest BCUT2D eigenvalue weighted by molar-refractivity contribution is 5.97. The Labute approximate surface area is 163 Å². The maximum Gasteiger partial charge on any atom is 0.246 e. The van der Waals surface area contributed by atoms with E-state index < -0.39 is 0 Å². The number of nitrogens with one attached hydrogen (secondary N) is 1. The van der Waals surface area contributed by atoms with Gasteiger partial charge in [-0.3, -0.25) is 9.69 Å². The van der Waals surface area contributed by atoms with Crippen LogP contribution in [0.4, 0.5) is 11.4 Å². The number of carbonyl (C=O) groups is 1. The summed E-state index contributed by atoms with van der Waals surface area (Å²) in [5.74, 6) is 0.132. The van der Waals surface area contributed by atoms with Crippen molar-refractivity contribution >= 4 is 17.3 Å². The first-order valence-electron chi connectivity index (χ1n) is 10.1. The molecule has 0 unspecified atom stereocenters. The lowest BCUT2D eigenvalue weighted by Gasteiger charge is -2.35. The molecule has 0 aliphatic carbocycles. The first-order chi connectivity index (χ1) is 13.1. The minimum Gasteiger partial charge on any atom is -0.376 e. The zero-order valence-electron chi connectivity index (χ0n) is 16.7. The number of carbonyl (C=O) groups excluding carboxylic acids is 1. The van der Waals surface area contributed by atoms with E-state index in [2.05, 4.69) is 67.4 Å². The second-order valence-electron chi connectivity index (χ2n) is 7.25. The Morgan fingerprint density at radius 2 is 1.81 bits per heavy atom. The largest absolute Gasteiger partial charge is 0.376 e. The number of anilines is 2. The van der Waals surface area contributed by atoms with E-state index >= 15 is 0 Å².